The van der Waals surface area contributed by atoms with Gasteiger partial charge in [0, 0.05) is 18.4 Å². The minimum atomic E-state index is -4.36. The highest BCUT2D eigenvalue weighted by Gasteiger charge is 2.29. The number of nitrogens with zero attached hydrogens (tertiary/aromatic N) is 2. The minimum absolute atomic E-state index is 0.287. The van der Waals surface area contributed by atoms with E-state index < -0.39 is 11.7 Å². The van der Waals surface area contributed by atoms with Crippen LogP contribution < -0.4 is 15.4 Å². The summed E-state index contributed by atoms with van der Waals surface area (Å²) in [4.78, 5) is 8.39. The zero-order chi connectivity index (χ0) is 19.3. The lowest BCUT2D eigenvalue weighted by atomic mass is 10.2. The van der Waals surface area contributed by atoms with Gasteiger partial charge in [0.2, 0.25) is 5.95 Å². The quantitative estimate of drug-likeness (QED) is 0.645. The van der Waals surface area contributed by atoms with Crippen LogP contribution in [0.1, 0.15) is 11.1 Å². The number of aromatic nitrogens is 2. The Bertz CT molecular complexity index is 881. The topological polar surface area (TPSA) is 59.1 Å². The summed E-state index contributed by atoms with van der Waals surface area (Å²) in [7, 11) is 1.61. The van der Waals surface area contributed by atoms with Crippen molar-refractivity contribution in [1.29, 1.82) is 0 Å². The number of ether oxygens (including phenoxy) is 1. The van der Waals surface area contributed by atoms with Gasteiger partial charge < -0.3 is 15.4 Å². The van der Waals surface area contributed by atoms with Crippen LogP contribution in [0, 0.1) is 0 Å². The smallest absolute Gasteiger partial charge is 0.416 e. The van der Waals surface area contributed by atoms with E-state index >= 15 is 0 Å². The maximum atomic E-state index is 12.6. The molecule has 27 heavy (non-hydrogen) atoms. The molecule has 2 N–H and O–H groups in total. The Balaban J connectivity index is 1.62. The first-order valence-corrected chi connectivity index (χ1v) is 8.08. The van der Waals surface area contributed by atoms with Crippen LogP contribution in [-0.2, 0) is 12.7 Å². The van der Waals surface area contributed by atoms with Crippen LogP contribution in [0.2, 0.25) is 0 Å². The molecule has 0 saturated carbocycles. The van der Waals surface area contributed by atoms with Crippen LogP contribution in [0.15, 0.2) is 60.8 Å². The SMILES string of the molecule is COc1ccc(CNc2ccnc(Nc3ccc(C(F)(F)F)cc3)n2)cc1. The van der Waals surface area contributed by atoms with E-state index in [-0.39, 0.29) is 5.95 Å². The molecule has 3 rings (SSSR count). The van der Waals surface area contributed by atoms with E-state index in [9.17, 15) is 13.2 Å². The maximum Gasteiger partial charge on any atom is 0.416 e. The molecule has 0 fully saturated rings. The number of hydrogen-bond acceptors (Lipinski definition) is 5. The first kappa shape index (κ1) is 18.5. The molecule has 0 atom stereocenters. The second kappa shape index (κ2) is 7.94. The van der Waals surface area contributed by atoms with E-state index in [1.807, 2.05) is 24.3 Å². The van der Waals surface area contributed by atoms with Crippen LogP contribution in [-0.4, -0.2) is 17.1 Å². The van der Waals surface area contributed by atoms with E-state index in [0.29, 0.717) is 18.1 Å². The van der Waals surface area contributed by atoms with E-state index in [0.717, 1.165) is 23.4 Å². The summed E-state index contributed by atoms with van der Waals surface area (Å²) in [6, 6.07) is 14.0. The first-order chi connectivity index (χ1) is 12.9. The molecule has 1 aromatic heterocycles. The predicted molar refractivity (Wildman–Crippen MR) is 97.1 cm³/mol. The molecule has 5 nitrogen and oxygen atoms in total. The molecule has 0 amide bonds. The predicted octanol–water partition coefficient (Wildman–Crippen LogP) is 4.86. The molecule has 0 spiro atoms. The Morgan fingerprint density at radius 1 is 0.963 bits per heavy atom. The van der Waals surface area contributed by atoms with Gasteiger partial charge in [-0.05, 0) is 48.0 Å². The fourth-order valence-corrected chi connectivity index (χ4v) is 2.33. The van der Waals surface area contributed by atoms with Gasteiger partial charge in [0.1, 0.15) is 11.6 Å². The van der Waals surface area contributed by atoms with Gasteiger partial charge in [-0.25, -0.2) is 4.98 Å². The normalized spacial score (nSPS) is 11.1. The van der Waals surface area contributed by atoms with E-state index in [1.165, 1.54) is 12.1 Å². The van der Waals surface area contributed by atoms with Gasteiger partial charge in [-0.1, -0.05) is 12.1 Å². The number of halogens is 3. The lowest BCUT2D eigenvalue weighted by Gasteiger charge is -2.10. The van der Waals surface area contributed by atoms with Crippen LogP contribution in [0.3, 0.4) is 0 Å². The molecular formula is C19H17F3N4O. The van der Waals surface area contributed by atoms with E-state index in [4.69, 9.17) is 4.74 Å². The van der Waals surface area contributed by atoms with Crippen molar-refractivity contribution in [3.63, 3.8) is 0 Å². The second-order valence-corrected chi connectivity index (χ2v) is 5.67. The Hall–Kier alpha value is -3.29. The molecule has 0 aliphatic rings. The molecule has 0 unspecified atom stereocenters. The molecule has 1 heterocycles. The van der Waals surface area contributed by atoms with Crippen LogP contribution >= 0.6 is 0 Å². The molecule has 0 bridgehead atoms. The van der Waals surface area contributed by atoms with Crippen LogP contribution in [0.25, 0.3) is 0 Å². The highest BCUT2D eigenvalue weighted by Crippen LogP contribution is 2.30. The average molecular weight is 374 g/mol. The van der Waals surface area contributed by atoms with Crippen molar-refractivity contribution in [1.82, 2.24) is 9.97 Å². The molecule has 3 aromatic rings. The van der Waals surface area contributed by atoms with Gasteiger partial charge in [0.05, 0.1) is 12.7 Å². The van der Waals surface area contributed by atoms with Gasteiger partial charge in [-0.3, -0.25) is 0 Å². The molecule has 0 aliphatic carbocycles. The number of alkyl halides is 3. The van der Waals surface area contributed by atoms with Crippen molar-refractivity contribution in [3.8, 4) is 5.75 Å². The van der Waals surface area contributed by atoms with Crippen molar-refractivity contribution in [2.45, 2.75) is 12.7 Å². The number of methoxy groups -OCH3 is 1. The molecule has 0 aliphatic heterocycles. The van der Waals surface area contributed by atoms with Crippen LogP contribution in [0.5, 0.6) is 5.75 Å². The van der Waals surface area contributed by atoms with Crippen molar-refractivity contribution in [3.05, 3.63) is 71.9 Å². The first-order valence-electron chi connectivity index (χ1n) is 8.08. The Kier molecular flexibility index (Phi) is 5.44. The van der Waals surface area contributed by atoms with Crippen molar-refractivity contribution < 1.29 is 17.9 Å². The van der Waals surface area contributed by atoms with E-state index in [1.54, 1.807) is 19.4 Å². The summed E-state index contributed by atoms with van der Waals surface area (Å²) in [5.74, 6) is 1.66. The highest BCUT2D eigenvalue weighted by molar-refractivity contribution is 5.55. The number of anilines is 3. The fraction of sp³-hybridized carbons (Fsp3) is 0.158. The zero-order valence-electron chi connectivity index (χ0n) is 14.4. The average Bonchev–Trinajstić information content (AvgIpc) is 2.67. The van der Waals surface area contributed by atoms with Gasteiger partial charge in [-0.2, -0.15) is 18.2 Å². The molecular weight excluding hydrogens is 357 g/mol. The minimum Gasteiger partial charge on any atom is -0.497 e. The summed E-state index contributed by atoms with van der Waals surface area (Å²) in [6.07, 6.45) is -2.80. The summed E-state index contributed by atoms with van der Waals surface area (Å²) >= 11 is 0. The number of hydrogen-bond donors (Lipinski definition) is 2. The maximum absolute atomic E-state index is 12.6. The Morgan fingerprint density at radius 2 is 1.67 bits per heavy atom. The molecule has 0 saturated heterocycles. The van der Waals surface area contributed by atoms with Gasteiger partial charge in [0.25, 0.3) is 0 Å². The third-order valence-electron chi connectivity index (χ3n) is 3.76. The Labute approximate surface area is 154 Å². The molecule has 0 radical (unpaired) electrons. The Morgan fingerprint density at radius 3 is 2.30 bits per heavy atom. The van der Waals surface area contributed by atoms with Gasteiger partial charge in [-0.15, -0.1) is 0 Å². The largest absolute Gasteiger partial charge is 0.497 e. The standard InChI is InChI=1S/C19H17F3N4O/c1-27-16-8-2-13(3-9-16)12-24-17-10-11-23-18(26-17)25-15-6-4-14(5-7-15)19(20,21)22/h2-11H,12H2,1H3,(H2,23,24,25,26). The lowest BCUT2D eigenvalue weighted by Crippen LogP contribution is -2.06. The second-order valence-electron chi connectivity index (χ2n) is 5.67. The number of nitrogens with one attached hydrogen (secondary N) is 2. The van der Waals surface area contributed by atoms with Gasteiger partial charge >= 0.3 is 6.18 Å². The van der Waals surface area contributed by atoms with Gasteiger partial charge in [0.15, 0.2) is 0 Å². The van der Waals surface area contributed by atoms with E-state index in [2.05, 4.69) is 20.6 Å². The third-order valence-corrected chi connectivity index (χ3v) is 3.76. The summed E-state index contributed by atoms with van der Waals surface area (Å²) < 4.78 is 42.9. The summed E-state index contributed by atoms with van der Waals surface area (Å²) in [6.45, 7) is 0.556. The van der Waals surface area contributed by atoms with Crippen molar-refractivity contribution >= 4 is 17.5 Å². The van der Waals surface area contributed by atoms with Crippen molar-refractivity contribution in [2.24, 2.45) is 0 Å². The molecule has 8 heteroatoms. The highest BCUT2D eigenvalue weighted by atomic mass is 19.4. The summed E-state index contributed by atoms with van der Waals surface area (Å²) in [5, 5.41) is 6.06. The number of benzene rings is 2. The third kappa shape index (κ3) is 5.10. The zero-order valence-corrected chi connectivity index (χ0v) is 14.4. The van der Waals surface area contributed by atoms with Crippen molar-refractivity contribution in [2.75, 3.05) is 17.7 Å². The fourth-order valence-electron chi connectivity index (χ4n) is 2.33. The molecule has 140 valence electrons. The molecule has 2 aromatic carbocycles. The van der Waals surface area contributed by atoms with Crippen LogP contribution in [0.4, 0.5) is 30.6 Å². The monoisotopic (exact) mass is 374 g/mol. The lowest BCUT2D eigenvalue weighted by molar-refractivity contribution is -0.137. The number of rotatable bonds is 6. The summed E-state index contributed by atoms with van der Waals surface area (Å²) in [5.41, 5.74) is 0.811.